The van der Waals surface area contributed by atoms with Crippen LogP contribution < -0.4 is 15.0 Å². The summed E-state index contributed by atoms with van der Waals surface area (Å²) in [5, 5.41) is 13.9. The Morgan fingerprint density at radius 2 is 1.59 bits per heavy atom. The molecule has 2 aliphatic heterocycles. The van der Waals surface area contributed by atoms with Crippen LogP contribution in [-0.4, -0.2) is 58.0 Å². The van der Waals surface area contributed by atoms with Crippen LogP contribution in [0.5, 0.6) is 11.5 Å². The number of anilines is 1. The molecule has 2 aromatic heterocycles. The van der Waals surface area contributed by atoms with Gasteiger partial charge in [0.25, 0.3) is 0 Å². The van der Waals surface area contributed by atoms with Crippen molar-refractivity contribution in [2.75, 3.05) is 25.6 Å². The van der Waals surface area contributed by atoms with Crippen LogP contribution in [0.4, 0.5) is 10.2 Å². The molecular formula is C48H66ClFN5O8P. The van der Waals surface area contributed by atoms with E-state index in [2.05, 4.69) is 17.0 Å². The van der Waals surface area contributed by atoms with Gasteiger partial charge in [-0.3, -0.25) is 9.05 Å². The van der Waals surface area contributed by atoms with Gasteiger partial charge in [-0.15, -0.1) is 0 Å². The summed E-state index contributed by atoms with van der Waals surface area (Å²) in [5.74, 6) is -1.16. The number of halogens is 2. The molecule has 350 valence electrons. The molecule has 6 rings (SSSR count). The number of nitrogens with two attached hydrogens (primary N) is 1. The number of nitrogens with zero attached hydrogens (tertiary/aromatic N) is 4. The number of hydrogen-bond donors (Lipinski definition) is 1. The lowest BCUT2D eigenvalue weighted by atomic mass is 9.86. The van der Waals surface area contributed by atoms with Crippen molar-refractivity contribution in [3.05, 3.63) is 83.0 Å². The number of fused-ring (bicyclic) bond motifs is 2. The standard InChI is InChI=1S/C48H66ClFN5O8P/c1-5-6-7-8-9-10-11-12-13-14-15-16-17-18-19-20-23-38(60-37-27-26-36(31-51)40(50)30-37)32-58-64(56,62-42-25-22-21-24-39(42)49)59-33-47(4)45-48(34-57-47,63-46(2,3)61-45)43-29-28-41-44(52)53-35-54-55(41)43/h21-22,24-30,35,38,45H,5-20,23,32-34H2,1-4H3,(H2,52,53,54)/t38-,45-,47-,48?,64?/m1/s1. The number of nitrogen functional groups attached to an aromatic ring is 1. The van der Waals surface area contributed by atoms with Crippen molar-refractivity contribution in [3.8, 4) is 17.6 Å². The van der Waals surface area contributed by atoms with Crippen molar-refractivity contribution in [1.29, 1.82) is 5.26 Å². The monoisotopic (exact) mass is 925 g/mol. The van der Waals surface area contributed by atoms with E-state index in [-0.39, 0.29) is 41.9 Å². The second-order valence-electron chi connectivity index (χ2n) is 17.8. The number of phosphoric acid groups is 1. The van der Waals surface area contributed by atoms with Gasteiger partial charge in [0.15, 0.2) is 17.2 Å². The minimum Gasteiger partial charge on any atom is -0.488 e. The highest BCUT2D eigenvalue weighted by Crippen LogP contribution is 2.57. The van der Waals surface area contributed by atoms with Gasteiger partial charge in [0.05, 0.1) is 36.1 Å². The first-order chi connectivity index (χ1) is 30.8. The molecule has 0 saturated carbocycles. The Balaban J connectivity index is 1.09. The van der Waals surface area contributed by atoms with E-state index in [1.54, 1.807) is 49.6 Å². The van der Waals surface area contributed by atoms with E-state index in [0.717, 1.165) is 25.7 Å². The molecule has 5 atom stereocenters. The summed E-state index contributed by atoms with van der Waals surface area (Å²) in [6, 6.07) is 16.1. The molecule has 2 N–H and O–H groups in total. The summed E-state index contributed by atoms with van der Waals surface area (Å²) in [5.41, 5.74) is 4.90. The molecule has 0 bridgehead atoms. The smallest absolute Gasteiger partial charge is 0.488 e. The molecule has 2 aromatic carbocycles. The Hall–Kier alpha value is -3.80. The van der Waals surface area contributed by atoms with Crippen molar-refractivity contribution in [2.45, 2.75) is 166 Å². The highest BCUT2D eigenvalue weighted by atomic mass is 35.5. The second-order valence-corrected chi connectivity index (χ2v) is 19.8. The minimum atomic E-state index is -4.52. The SMILES string of the molecule is CCCCCCCCCCCCCCCCCC[C@H](COP(=O)(OC[C@@]1(C)OCC2(c3ccc4c(N)ncnn34)OC(C)(C)O[C@@H]21)Oc1ccccc1Cl)Oc1ccc(C#N)c(F)c1. The van der Waals surface area contributed by atoms with Crippen molar-refractivity contribution >= 4 is 30.8 Å². The molecule has 13 nitrogen and oxygen atoms in total. The van der Waals surface area contributed by atoms with Crippen molar-refractivity contribution in [3.63, 3.8) is 0 Å². The Kier molecular flexibility index (Phi) is 17.9. The second kappa shape index (κ2) is 23.1. The molecule has 0 spiro atoms. The van der Waals surface area contributed by atoms with Crippen LogP contribution >= 0.6 is 19.4 Å². The molecule has 0 amide bonds. The van der Waals surface area contributed by atoms with E-state index >= 15 is 0 Å². The van der Waals surface area contributed by atoms with Crippen LogP contribution in [0.1, 0.15) is 148 Å². The zero-order valence-corrected chi connectivity index (χ0v) is 39.6. The summed E-state index contributed by atoms with van der Waals surface area (Å²) in [6.45, 7) is 7.15. The van der Waals surface area contributed by atoms with Crippen molar-refractivity contribution in [2.24, 2.45) is 0 Å². The zero-order chi connectivity index (χ0) is 45.6. The van der Waals surface area contributed by atoms with Gasteiger partial charge < -0.3 is 29.2 Å². The van der Waals surface area contributed by atoms with E-state index < -0.39 is 42.8 Å². The Morgan fingerprint density at radius 1 is 0.938 bits per heavy atom. The largest absolute Gasteiger partial charge is 0.530 e. The van der Waals surface area contributed by atoms with Gasteiger partial charge in [0, 0.05) is 6.07 Å². The molecule has 2 aliphatic rings. The van der Waals surface area contributed by atoms with Gasteiger partial charge in [-0.2, -0.15) is 10.4 Å². The highest BCUT2D eigenvalue weighted by molar-refractivity contribution is 7.49. The van der Waals surface area contributed by atoms with Crippen LogP contribution in [0, 0.1) is 17.1 Å². The van der Waals surface area contributed by atoms with E-state index in [9.17, 15) is 14.2 Å². The van der Waals surface area contributed by atoms with Gasteiger partial charge in [0.2, 0.25) is 0 Å². The predicted octanol–water partition coefficient (Wildman–Crippen LogP) is 12.4. The summed E-state index contributed by atoms with van der Waals surface area (Å²) in [4.78, 5) is 4.12. The third-order valence-electron chi connectivity index (χ3n) is 12.1. The third kappa shape index (κ3) is 13.0. The number of benzene rings is 2. The van der Waals surface area contributed by atoms with Crippen LogP contribution in [-0.2, 0) is 33.4 Å². The number of ether oxygens (including phenoxy) is 4. The minimum absolute atomic E-state index is 0.0455. The number of nitriles is 1. The van der Waals surface area contributed by atoms with Gasteiger partial charge in [-0.1, -0.05) is 127 Å². The van der Waals surface area contributed by atoms with E-state index in [0.29, 0.717) is 23.4 Å². The maximum Gasteiger partial charge on any atom is 0.530 e. The average Bonchev–Trinajstić information content (AvgIpc) is 3.92. The number of phosphoric ester groups is 1. The van der Waals surface area contributed by atoms with Crippen LogP contribution in [0.3, 0.4) is 0 Å². The number of rotatable bonds is 28. The first kappa shape index (κ1) is 49.6. The van der Waals surface area contributed by atoms with Crippen LogP contribution in [0.2, 0.25) is 5.02 Å². The lowest BCUT2D eigenvalue weighted by Crippen LogP contribution is -2.48. The normalized spacial score (nSPS) is 21.7. The van der Waals surface area contributed by atoms with Gasteiger partial charge in [-0.05, 0) is 70.0 Å². The molecule has 16 heteroatoms. The Labute approximate surface area is 383 Å². The van der Waals surface area contributed by atoms with E-state index in [1.165, 1.54) is 102 Å². The predicted molar refractivity (Wildman–Crippen MR) is 245 cm³/mol. The van der Waals surface area contributed by atoms with Gasteiger partial charge in [0.1, 0.15) is 53.0 Å². The molecule has 0 aliphatic carbocycles. The fourth-order valence-corrected chi connectivity index (χ4v) is 10.2. The van der Waals surface area contributed by atoms with Gasteiger partial charge >= 0.3 is 7.82 Å². The first-order valence-corrected chi connectivity index (χ1v) is 24.9. The summed E-state index contributed by atoms with van der Waals surface area (Å²) in [7, 11) is -4.52. The maximum absolute atomic E-state index is 14.9. The topological polar surface area (TPSA) is 162 Å². The molecule has 2 saturated heterocycles. The Bertz CT molecular complexity index is 2210. The molecule has 2 fully saturated rings. The third-order valence-corrected chi connectivity index (χ3v) is 13.7. The van der Waals surface area contributed by atoms with E-state index in [4.69, 9.17) is 49.9 Å². The number of aromatic nitrogens is 3. The fraction of sp³-hybridized carbons (Fsp3) is 0.604. The molecule has 0 radical (unpaired) electrons. The highest BCUT2D eigenvalue weighted by Gasteiger charge is 2.68. The maximum atomic E-state index is 14.9. The molecule has 2 unspecified atom stereocenters. The molecular weight excluding hydrogens is 860 g/mol. The van der Waals surface area contributed by atoms with Crippen molar-refractivity contribution < 1.29 is 41.5 Å². The van der Waals surface area contributed by atoms with E-state index in [1.807, 2.05) is 18.2 Å². The van der Waals surface area contributed by atoms with Crippen LogP contribution in [0.15, 0.2) is 60.9 Å². The number of unbranched alkanes of at least 4 members (excludes halogenated alkanes) is 15. The average molecular weight is 927 g/mol. The summed E-state index contributed by atoms with van der Waals surface area (Å²) < 4.78 is 75.4. The number of hydrogen-bond acceptors (Lipinski definition) is 12. The zero-order valence-electron chi connectivity index (χ0n) is 37.9. The molecule has 64 heavy (non-hydrogen) atoms. The summed E-state index contributed by atoms with van der Waals surface area (Å²) >= 11 is 6.49. The van der Waals surface area contributed by atoms with Crippen LogP contribution in [0.25, 0.3) is 5.52 Å². The fourth-order valence-electron chi connectivity index (χ4n) is 8.68. The molecule has 4 heterocycles. The molecule has 4 aromatic rings. The van der Waals surface area contributed by atoms with Crippen molar-refractivity contribution in [1.82, 2.24) is 14.6 Å². The lowest BCUT2D eigenvalue weighted by molar-refractivity contribution is -0.208. The quantitative estimate of drug-likeness (QED) is 0.0424. The lowest BCUT2D eigenvalue weighted by Gasteiger charge is -2.32. The van der Waals surface area contributed by atoms with Gasteiger partial charge in [-0.25, -0.2) is 18.5 Å². The number of para-hydroxylation sites is 1. The summed E-state index contributed by atoms with van der Waals surface area (Å²) in [6.07, 6.45) is 20.2. The Morgan fingerprint density at radius 3 is 2.23 bits per heavy atom. The first-order valence-electron chi connectivity index (χ1n) is 23.1.